The van der Waals surface area contributed by atoms with E-state index in [9.17, 15) is 21.6 Å². The van der Waals surface area contributed by atoms with E-state index in [2.05, 4.69) is 42.3 Å². The van der Waals surface area contributed by atoms with Crippen molar-refractivity contribution in [2.45, 2.75) is 31.5 Å². The van der Waals surface area contributed by atoms with Gasteiger partial charge in [0.25, 0.3) is 0 Å². The topological polar surface area (TPSA) is 106 Å². The van der Waals surface area contributed by atoms with Crippen LogP contribution in [0.2, 0.25) is 10.0 Å². The van der Waals surface area contributed by atoms with Gasteiger partial charge in [0.1, 0.15) is 17.1 Å². The number of rotatable bonds is 8. The number of alkyl halides is 3. The molecule has 0 bridgehead atoms. The molecule has 48 heavy (non-hydrogen) atoms. The van der Waals surface area contributed by atoms with Crippen molar-refractivity contribution >= 4 is 67.7 Å². The van der Waals surface area contributed by atoms with Gasteiger partial charge >= 0.3 is 6.18 Å². The third-order valence-corrected chi connectivity index (χ3v) is 10.9. The molecule has 0 aliphatic carbocycles. The predicted molar refractivity (Wildman–Crippen MR) is 183 cm³/mol. The van der Waals surface area contributed by atoms with Gasteiger partial charge in [0, 0.05) is 71.0 Å². The SMILES string of the molecule is CN1CCN(C2CCN(c3cc(Cl)c(Nc4ncc(C(F)(F)F)c(Nc5cc6c(cc5N(C)S(C)(=O)=O)CCO6)n4)cc3Cl)CC2)CC1. The molecule has 260 valence electrons. The smallest absolute Gasteiger partial charge is 0.421 e. The highest BCUT2D eigenvalue weighted by Crippen LogP contribution is 2.42. The van der Waals surface area contributed by atoms with Crippen molar-refractivity contribution in [1.29, 1.82) is 0 Å². The van der Waals surface area contributed by atoms with Gasteiger partial charge < -0.3 is 25.2 Å². The van der Waals surface area contributed by atoms with Crippen LogP contribution >= 0.6 is 23.2 Å². The molecule has 3 aromatic rings. The summed E-state index contributed by atoms with van der Waals surface area (Å²) < 4.78 is 73.8. The molecular weight excluding hydrogens is 692 g/mol. The van der Waals surface area contributed by atoms with Crippen molar-refractivity contribution in [1.82, 2.24) is 19.8 Å². The van der Waals surface area contributed by atoms with Crippen LogP contribution in [0.1, 0.15) is 24.0 Å². The summed E-state index contributed by atoms with van der Waals surface area (Å²) >= 11 is 13.4. The minimum Gasteiger partial charge on any atom is -0.493 e. The molecule has 3 aliphatic heterocycles. The second-order valence-corrected chi connectivity index (χ2v) is 15.2. The van der Waals surface area contributed by atoms with E-state index in [1.54, 1.807) is 18.2 Å². The Bertz CT molecular complexity index is 1780. The zero-order valence-electron chi connectivity index (χ0n) is 26.7. The number of anilines is 6. The minimum absolute atomic E-state index is 0.0561. The van der Waals surface area contributed by atoms with Crippen LogP contribution in [0.15, 0.2) is 30.5 Å². The molecule has 1 aromatic heterocycles. The predicted octanol–water partition coefficient (Wildman–Crippen LogP) is 5.84. The van der Waals surface area contributed by atoms with E-state index in [1.807, 2.05) is 0 Å². The van der Waals surface area contributed by atoms with Crippen LogP contribution in [0.3, 0.4) is 0 Å². The number of hydrogen-bond acceptors (Lipinski definition) is 10. The average molecular weight is 730 g/mol. The first kappa shape index (κ1) is 34.6. The van der Waals surface area contributed by atoms with Gasteiger partial charge in [-0.2, -0.15) is 18.2 Å². The summed E-state index contributed by atoms with van der Waals surface area (Å²) in [7, 11) is -0.289. The molecule has 11 nitrogen and oxygen atoms in total. The summed E-state index contributed by atoms with van der Waals surface area (Å²) in [6.45, 7) is 6.28. The number of aromatic nitrogens is 2. The molecule has 17 heteroatoms. The quantitative estimate of drug-likeness (QED) is 0.294. The highest BCUT2D eigenvalue weighted by molar-refractivity contribution is 7.92. The normalized spacial score (nSPS) is 18.0. The van der Waals surface area contributed by atoms with Gasteiger partial charge in [-0.1, -0.05) is 23.2 Å². The van der Waals surface area contributed by atoms with E-state index in [0.717, 1.165) is 73.9 Å². The van der Waals surface area contributed by atoms with E-state index in [-0.39, 0.29) is 17.3 Å². The Labute approximate surface area is 288 Å². The highest BCUT2D eigenvalue weighted by Gasteiger charge is 2.36. The van der Waals surface area contributed by atoms with Crippen LogP contribution in [0.5, 0.6) is 5.75 Å². The lowest BCUT2D eigenvalue weighted by atomic mass is 10.0. The maximum atomic E-state index is 14.1. The molecule has 2 saturated heterocycles. The van der Waals surface area contributed by atoms with Gasteiger partial charge in [-0.15, -0.1) is 0 Å². The average Bonchev–Trinajstić information content (AvgIpc) is 3.49. The summed E-state index contributed by atoms with van der Waals surface area (Å²) in [4.78, 5) is 15.2. The number of fused-ring (bicyclic) bond motifs is 1. The van der Waals surface area contributed by atoms with E-state index in [4.69, 9.17) is 27.9 Å². The molecule has 2 N–H and O–H groups in total. The standard InChI is InChI=1S/C31H37Cl2F3N8O3S/c1-41-9-11-43(12-10-41)20-4-7-44(8-5-20)26-16-22(32)24(15-23(26)33)39-30-37-18-21(31(34,35)36)29(40-30)38-25-17-28-19(6-13-47-28)14-27(25)42(2)48(3,45)46/h14-18,20H,4-13H2,1-3H3,(H2,37,38,39,40). The third-order valence-electron chi connectivity index (χ3n) is 9.13. The molecule has 0 unspecified atom stereocenters. The van der Waals surface area contributed by atoms with E-state index >= 15 is 0 Å². The lowest BCUT2D eigenvalue weighted by Crippen LogP contribution is -2.52. The van der Waals surface area contributed by atoms with Crippen LogP contribution in [0, 0.1) is 0 Å². The van der Waals surface area contributed by atoms with E-state index in [0.29, 0.717) is 46.7 Å². The maximum Gasteiger partial charge on any atom is 0.421 e. The van der Waals surface area contributed by atoms with Gasteiger partial charge in [0.05, 0.1) is 45.7 Å². The number of piperidine rings is 1. The monoisotopic (exact) mass is 728 g/mol. The molecule has 0 saturated carbocycles. The lowest BCUT2D eigenvalue weighted by molar-refractivity contribution is -0.137. The number of likely N-dealkylation sites (N-methyl/N-ethyl adjacent to an activating group) is 1. The molecule has 2 aromatic carbocycles. The van der Waals surface area contributed by atoms with E-state index < -0.39 is 27.6 Å². The second-order valence-electron chi connectivity index (χ2n) is 12.4. The Morgan fingerprint density at radius 1 is 0.979 bits per heavy atom. The number of piperazine rings is 1. The van der Waals surface area contributed by atoms with Gasteiger partial charge in [-0.3, -0.25) is 9.21 Å². The maximum absolute atomic E-state index is 14.1. The van der Waals surface area contributed by atoms with Crippen molar-refractivity contribution in [2.75, 3.05) is 86.1 Å². The largest absolute Gasteiger partial charge is 0.493 e. The van der Waals surface area contributed by atoms with Crippen LogP contribution in [0.4, 0.5) is 47.7 Å². The van der Waals surface area contributed by atoms with Crippen LogP contribution in [-0.2, 0) is 22.6 Å². The van der Waals surface area contributed by atoms with Crippen molar-refractivity contribution < 1.29 is 26.3 Å². The fraction of sp³-hybridized carbons (Fsp3) is 0.484. The molecule has 0 amide bonds. The first-order valence-electron chi connectivity index (χ1n) is 15.6. The molecule has 0 radical (unpaired) electrons. The van der Waals surface area contributed by atoms with Gasteiger partial charge in [-0.05, 0) is 43.7 Å². The number of nitrogens with one attached hydrogen (secondary N) is 2. The number of nitrogens with zero attached hydrogens (tertiary/aromatic N) is 6. The Hall–Kier alpha value is -3.24. The van der Waals surface area contributed by atoms with Gasteiger partial charge in [0.2, 0.25) is 16.0 Å². The van der Waals surface area contributed by atoms with Crippen LogP contribution in [-0.4, -0.2) is 100 Å². The summed E-state index contributed by atoms with van der Waals surface area (Å²) in [6.07, 6.45) is -0.624. The van der Waals surface area contributed by atoms with Crippen molar-refractivity contribution in [2.24, 2.45) is 0 Å². The number of benzene rings is 2. The summed E-state index contributed by atoms with van der Waals surface area (Å²) in [5.41, 5.74) is 0.873. The number of ether oxygens (including phenoxy) is 1. The molecule has 2 fully saturated rings. The third kappa shape index (κ3) is 7.49. The lowest BCUT2D eigenvalue weighted by Gasteiger charge is -2.42. The van der Waals surface area contributed by atoms with Gasteiger partial charge in [-0.25, -0.2) is 13.4 Å². The number of hydrogen-bond donors (Lipinski definition) is 2. The number of halogens is 5. The van der Waals surface area contributed by atoms with Crippen LogP contribution in [0.25, 0.3) is 0 Å². The number of sulfonamides is 1. The molecule has 4 heterocycles. The zero-order chi connectivity index (χ0) is 34.4. The Kier molecular flexibility index (Phi) is 9.79. The van der Waals surface area contributed by atoms with Crippen molar-refractivity contribution in [3.63, 3.8) is 0 Å². The Morgan fingerprint density at radius 2 is 1.69 bits per heavy atom. The molecule has 0 spiro atoms. The molecular formula is C31H37Cl2F3N8O3S. The molecule has 6 rings (SSSR count). The molecule has 3 aliphatic rings. The van der Waals surface area contributed by atoms with E-state index in [1.165, 1.54) is 13.1 Å². The first-order chi connectivity index (χ1) is 22.7. The fourth-order valence-corrected chi connectivity index (χ4v) is 7.27. The zero-order valence-corrected chi connectivity index (χ0v) is 29.1. The van der Waals surface area contributed by atoms with Crippen molar-refractivity contribution in [3.05, 3.63) is 51.6 Å². The summed E-state index contributed by atoms with van der Waals surface area (Å²) in [5.74, 6) is -0.336. The minimum atomic E-state index is -4.82. The summed E-state index contributed by atoms with van der Waals surface area (Å²) in [6, 6.07) is 6.92. The second kappa shape index (κ2) is 13.6. The van der Waals surface area contributed by atoms with Crippen LogP contribution < -0.4 is 24.6 Å². The Balaban J connectivity index is 1.24. The molecule has 0 atom stereocenters. The Morgan fingerprint density at radius 3 is 2.35 bits per heavy atom. The fourth-order valence-electron chi connectivity index (χ4n) is 6.28. The first-order valence-corrected chi connectivity index (χ1v) is 18.2. The summed E-state index contributed by atoms with van der Waals surface area (Å²) in [5, 5.41) is 6.31. The highest BCUT2D eigenvalue weighted by atomic mass is 35.5. The van der Waals surface area contributed by atoms with Crippen molar-refractivity contribution in [3.8, 4) is 5.75 Å². The van der Waals surface area contributed by atoms with Gasteiger partial charge in [0.15, 0.2) is 0 Å².